The molecule has 0 saturated carbocycles. The number of amides is 2. The number of halogens is 1. The highest BCUT2D eigenvalue weighted by Gasteiger charge is 2.27. The summed E-state index contributed by atoms with van der Waals surface area (Å²) in [6.07, 6.45) is 1.63. The van der Waals surface area contributed by atoms with Gasteiger partial charge >= 0.3 is 0 Å². The number of aryl methyl sites for hydroxylation is 1. The maximum Gasteiger partial charge on any atom is 0.226 e. The van der Waals surface area contributed by atoms with Gasteiger partial charge < -0.3 is 15.0 Å². The van der Waals surface area contributed by atoms with Crippen molar-refractivity contribution in [2.24, 2.45) is 5.92 Å². The van der Waals surface area contributed by atoms with E-state index in [1.54, 1.807) is 19.2 Å². The van der Waals surface area contributed by atoms with Crippen LogP contribution < -0.4 is 10.1 Å². The van der Waals surface area contributed by atoms with E-state index in [0.717, 1.165) is 22.4 Å². The van der Waals surface area contributed by atoms with E-state index in [2.05, 4.69) is 5.32 Å². The van der Waals surface area contributed by atoms with E-state index < -0.39 is 0 Å². The van der Waals surface area contributed by atoms with E-state index in [1.165, 1.54) is 12.1 Å². The van der Waals surface area contributed by atoms with Crippen molar-refractivity contribution < 1.29 is 18.7 Å². The molecule has 0 aliphatic carbocycles. The summed E-state index contributed by atoms with van der Waals surface area (Å²) in [5, 5.41) is 2.91. The molecule has 1 heterocycles. The number of hydrogen-bond acceptors (Lipinski definition) is 3. The average molecular weight is 398 g/mol. The Hall–Kier alpha value is -2.89. The van der Waals surface area contributed by atoms with E-state index in [4.69, 9.17) is 4.74 Å². The Kier molecular flexibility index (Phi) is 6.86. The molecule has 0 unspecified atom stereocenters. The second kappa shape index (κ2) is 9.54. The number of nitrogens with one attached hydrogen (secondary N) is 1. The molecule has 1 aliphatic heterocycles. The Bertz CT molecular complexity index is 859. The van der Waals surface area contributed by atoms with E-state index in [-0.39, 0.29) is 23.5 Å². The van der Waals surface area contributed by atoms with Crippen LogP contribution in [0.15, 0.2) is 42.5 Å². The lowest BCUT2D eigenvalue weighted by atomic mass is 9.95. The summed E-state index contributed by atoms with van der Waals surface area (Å²) in [5.74, 6) is 0.456. The number of likely N-dealkylation sites (tertiary alicyclic amines) is 1. The molecular weight excluding hydrogens is 371 g/mol. The highest BCUT2D eigenvalue weighted by Crippen LogP contribution is 2.22. The molecule has 1 N–H and O–H groups in total. The van der Waals surface area contributed by atoms with Crippen molar-refractivity contribution in [3.63, 3.8) is 0 Å². The van der Waals surface area contributed by atoms with Gasteiger partial charge in [0.25, 0.3) is 0 Å². The van der Waals surface area contributed by atoms with Crippen LogP contribution in [0.4, 0.5) is 4.39 Å². The molecule has 6 heteroatoms. The van der Waals surface area contributed by atoms with Gasteiger partial charge in [0.1, 0.15) is 11.6 Å². The summed E-state index contributed by atoms with van der Waals surface area (Å²) in [7, 11) is 1.62. The molecule has 154 valence electrons. The number of methoxy groups -OCH3 is 1. The summed E-state index contributed by atoms with van der Waals surface area (Å²) in [6, 6.07) is 11.9. The SMILES string of the molecule is COc1cc(CC(=O)N2CCC(C(=O)NCc3ccc(F)cc3)CC2)ccc1C. The number of carbonyl (C=O) groups excluding carboxylic acids is 2. The first kappa shape index (κ1) is 20.8. The molecule has 2 aromatic carbocycles. The third-order valence-electron chi connectivity index (χ3n) is 5.43. The molecule has 2 aromatic rings. The topological polar surface area (TPSA) is 58.6 Å². The molecule has 3 rings (SSSR count). The number of hydrogen-bond donors (Lipinski definition) is 1. The van der Waals surface area contributed by atoms with Gasteiger partial charge in [0.05, 0.1) is 13.5 Å². The summed E-state index contributed by atoms with van der Waals surface area (Å²) < 4.78 is 18.3. The van der Waals surface area contributed by atoms with Gasteiger partial charge in [-0.3, -0.25) is 9.59 Å². The number of nitrogens with zero attached hydrogens (tertiary/aromatic N) is 1. The van der Waals surface area contributed by atoms with Crippen molar-refractivity contribution >= 4 is 11.8 Å². The first-order valence-corrected chi connectivity index (χ1v) is 9.89. The summed E-state index contributed by atoms with van der Waals surface area (Å²) in [4.78, 5) is 26.9. The third-order valence-corrected chi connectivity index (χ3v) is 5.43. The first-order chi connectivity index (χ1) is 14.0. The molecule has 2 amide bonds. The Morgan fingerprint density at radius 1 is 1.10 bits per heavy atom. The molecular formula is C23H27FN2O3. The van der Waals surface area contributed by atoms with E-state index in [0.29, 0.717) is 38.9 Å². The number of piperidine rings is 1. The largest absolute Gasteiger partial charge is 0.496 e. The van der Waals surface area contributed by atoms with Crippen LogP contribution in [0.25, 0.3) is 0 Å². The second-order valence-corrected chi connectivity index (χ2v) is 7.48. The van der Waals surface area contributed by atoms with Gasteiger partial charge in [-0.15, -0.1) is 0 Å². The quantitative estimate of drug-likeness (QED) is 0.813. The lowest BCUT2D eigenvalue weighted by Gasteiger charge is -2.31. The summed E-state index contributed by atoms with van der Waals surface area (Å²) in [6.45, 7) is 3.51. The zero-order chi connectivity index (χ0) is 20.8. The number of ether oxygens (including phenoxy) is 1. The Morgan fingerprint density at radius 2 is 1.76 bits per heavy atom. The first-order valence-electron chi connectivity index (χ1n) is 9.89. The minimum absolute atomic E-state index is 0.00954. The summed E-state index contributed by atoms with van der Waals surface area (Å²) >= 11 is 0. The fraction of sp³-hybridized carbons (Fsp3) is 0.391. The van der Waals surface area contributed by atoms with Gasteiger partial charge in [-0.05, 0) is 54.7 Å². The fourth-order valence-corrected chi connectivity index (χ4v) is 3.59. The van der Waals surface area contributed by atoms with Gasteiger partial charge in [0, 0.05) is 25.6 Å². The number of benzene rings is 2. The van der Waals surface area contributed by atoms with Crippen LogP contribution in [0.1, 0.15) is 29.5 Å². The van der Waals surface area contributed by atoms with Crippen LogP contribution in [0, 0.1) is 18.7 Å². The minimum atomic E-state index is -0.291. The Morgan fingerprint density at radius 3 is 2.41 bits per heavy atom. The average Bonchev–Trinajstić information content (AvgIpc) is 2.74. The molecule has 1 saturated heterocycles. The van der Waals surface area contributed by atoms with Gasteiger partial charge in [-0.2, -0.15) is 0 Å². The highest BCUT2D eigenvalue weighted by atomic mass is 19.1. The van der Waals surface area contributed by atoms with E-state index >= 15 is 0 Å². The van der Waals surface area contributed by atoms with E-state index in [1.807, 2.05) is 30.0 Å². The van der Waals surface area contributed by atoms with Crippen LogP contribution in [0.2, 0.25) is 0 Å². The van der Waals surface area contributed by atoms with Crippen molar-refractivity contribution in [2.75, 3.05) is 20.2 Å². The zero-order valence-corrected chi connectivity index (χ0v) is 16.9. The van der Waals surface area contributed by atoms with Gasteiger partial charge in [-0.25, -0.2) is 4.39 Å². The van der Waals surface area contributed by atoms with Crippen LogP contribution in [-0.4, -0.2) is 36.9 Å². The fourth-order valence-electron chi connectivity index (χ4n) is 3.59. The molecule has 1 aliphatic rings. The lowest BCUT2D eigenvalue weighted by molar-refractivity contribution is -0.135. The van der Waals surface area contributed by atoms with Crippen LogP contribution in [0.3, 0.4) is 0 Å². The van der Waals surface area contributed by atoms with Gasteiger partial charge in [-0.1, -0.05) is 24.3 Å². The molecule has 1 fully saturated rings. The van der Waals surface area contributed by atoms with Crippen LogP contribution in [0.5, 0.6) is 5.75 Å². The molecule has 29 heavy (non-hydrogen) atoms. The van der Waals surface area contributed by atoms with Crippen molar-refractivity contribution in [2.45, 2.75) is 32.7 Å². The molecule has 0 aromatic heterocycles. The normalized spacial score (nSPS) is 14.5. The van der Waals surface area contributed by atoms with Crippen molar-refractivity contribution in [1.82, 2.24) is 10.2 Å². The van der Waals surface area contributed by atoms with Gasteiger partial charge in [0.2, 0.25) is 11.8 Å². The molecule has 0 bridgehead atoms. The number of rotatable bonds is 6. The van der Waals surface area contributed by atoms with Gasteiger partial charge in [0.15, 0.2) is 0 Å². The predicted molar refractivity (Wildman–Crippen MR) is 109 cm³/mol. The van der Waals surface area contributed by atoms with Crippen molar-refractivity contribution in [3.05, 3.63) is 65.0 Å². The standard InChI is InChI=1S/C23H27FN2O3/c1-16-3-4-18(13-21(16)29-2)14-22(27)26-11-9-19(10-12-26)23(28)25-15-17-5-7-20(24)8-6-17/h3-8,13,19H,9-12,14-15H2,1-2H3,(H,25,28). The number of carbonyl (C=O) groups is 2. The summed E-state index contributed by atoms with van der Waals surface area (Å²) in [5.41, 5.74) is 2.83. The van der Waals surface area contributed by atoms with Crippen molar-refractivity contribution in [1.29, 1.82) is 0 Å². The lowest BCUT2D eigenvalue weighted by Crippen LogP contribution is -2.43. The van der Waals surface area contributed by atoms with Crippen LogP contribution >= 0.6 is 0 Å². The molecule has 0 atom stereocenters. The second-order valence-electron chi connectivity index (χ2n) is 7.48. The molecule has 5 nitrogen and oxygen atoms in total. The molecule has 0 spiro atoms. The Labute approximate surface area is 170 Å². The molecule has 0 radical (unpaired) electrons. The maximum atomic E-state index is 12.9. The monoisotopic (exact) mass is 398 g/mol. The smallest absolute Gasteiger partial charge is 0.226 e. The predicted octanol–water partition coefficient (Wildman–Crippen LogP) is 3.24. The minimum Gasteiger partial charge on any atom is -0.496 e. The maximum absolute atomic E-state index is 12.9. The van der Waals surface area contributed by atoms with E-state index in [9.17, 15) is 14.0 Å². The van der Waals surface area contributed by atoms with Crippen molar-refractivity contribution in [3.8, 4) is 5.75 Å². The highest BCUT2D eigenvalue weighted by molar-refractivity contribution is 5.81. The Balaban J connectivity index is 1.46. The van der Waals surface area contributed by atoms with Crippen LogP contribution in [-0.2, 0) is 22.6 Å². The zero-order valence-electron chi connectivity index (χ0n) is 16.9. The third kappa shape index (κ3) is 5.56.